The summed E-state index contributed by atoms with van der Waals surface area (Å²) in [6, 6.07) is 61.0. The number of nitrogens with zero attached hydrogens (tertiary/aromatic N) is 6. The Hall–Kier alpha value is -7.93. The summed E-state index contributed by atoms with van der Waals surface area (Å²) in [5.41, 5.74) is 13.4. The molecule has 7 aromatic carbocycles. The maximum absolute atomic E-state index is 10.3. The largest absolute Gasteiger partial charge is 0.309 e. The van der Waals surface area contributed by atoms with Crippen LogP contribution < -0.4 is 0 Å². The number of nitriles is 2. The summed E-state index contributed by atoms with van der Waals surface area (Å²) in [5.74, 6) is 0. The minimum Gasteiger partial charge on any atom is -0.309 e. The molecule has 11 aromatic rings. The Balaban J connectivity index is 1.15. The lowest BCUT2D eigenvalue weighted by Crippen LogP contribution is -1.97. The van der Waals surface area contributed by atoms with E-state index in [1.54, 1.807) is 0 Å². The molecule has 0 aliphatic rings. The van der Waals surface area contributed by atoms with Gasteiger partial charge in [0.05, 0.1) is 67.3 Å². The third kappa shape index (κ3) is 4.50. The number of hydrogen-bond donors (Lipinski definition) is 0. The van der Waals surface area contributed by atoms with Crippen molar-refractivity contribution in [1.82, 2.24) is 18.7 Å². The Morgan fingerprint density at radius 3 is 1.87 bits per heavy atom. The molecule has 0 radical (unpaired) electrons. The van der Waals surface area contributed by atoms with E-state index in [2.05, 4.69) is 141 Å². The molecule has 0 aliphatic heterocycles. The van der Waals surface area contributed by atoms with Gasteiger partial charge in [-0.3, -0.25) is 4.98 Å². The van der Waals surface area contributed by atoms with Crippen LogP contribution in [0.1, 0.15) is 11.1 Å². The molecule has 6 heteroatoms. The van der Waals surface area contributed by atoms with Gasteiger partial charge in [-0.2, -0.15) is 10.5 Å². The quantitative estimate of drug-likeness (QED) is 0.183. The Kier molecular flexibility index (Phi) is 6.58. The SMILES string of the molecule is N#Cc1cc(-c2cccc(-n3c4cccnc4c4c3ccc3c5ccccc5n(-c5ccccc5)c34)c2)cc(-n2c3ccccc3c3cc(C#N)ccc32)c1. The molecule has 0 fully saturated rings. The molecule has 0 saturated carbocycles. The average Bonchev–Trinajstić information content (AvgIpc) is 3.89. The van der Waals surface area contributed by atoms with Crippen LogP contribution in [0.25, 0.3) is 93.7 Å². The van der Waals surface area contributed by atoms with Crippen molar-refractivity contribution in [3.8, 4) is 40.3 Å². The number of para-hydroxylation sites is 3. The van der Waals surface area contributed by atoms with E-state index in [9.17, 15) is 10.5 Å². The standard InChI is InChI=1S/C49H28N6/c50-29-31-19-21-44-41(26-31)39-15-5-6-16-42(39)54(44)37-25-32(30-51)24-34(28-37)33-10-8-13-36(27-33)53-45-22-20-40-38-14-4-7-17-43(38)55(35-11-2-1-3-12-35)49(40)47(45)48-46(53)18-9-23-52-48/h1-28H. The fourth-order valence-electron chi connectivity index (χ4n) is 8.61. The van der Waals surface area contributed by atoms with Crippen molar-refractivity contribution in [2.75, 3.05) is 0 Å². The summed E-state index contributed by atoms with van der Waals surface area (Å²) >= 11 is 0. The van der Waals surface area contributed by atoms with Crippen LogP contribution in [0.4, 0.5) is 0 Å². The van der Waals surface area contributed by atoms with Crippen molar-refractivity contribution in [2.24, 2.45) is 0 Å². The number of fused-ring (bicyclic) bond motifs is 10. The van der Waals surface area contributed by atoms with E-state index in [-0.39, 0.29) is 0 Å². The van der Waals surface area contributed by atoms with Crippen LogP contribution in [-0.4, -0.2) is 18.7 Å². The van der Waals surface area contributed by atoms with Crippen molar-refractivity contribution >= 4 is 65.5 Å². The molecule has 0 amide bonds. The van der Waals surface area contributed by atoms with Gasteiger partial charge in [-0.25, -0.2) is 0 Å². The predicted octanol–water partition coefficient (Wildman–Crippen LogP) is 11.8. The lowest BCUT2D eigenvalue weighted by molar-refractivity contribution is 1.17. The first-order chi connectivity index (χ1) is 27.2. The molecular weight excluding hydrogens is 673 g/mol. The monoisotopic (exact) mass is 700 g/mol. The summed E-state index contributed by atoms with van der Waals surface area (Å²) in [6.07, 6.45) is 1.88. The van der Waals surface area contributed by atoms with E-state index < -0.39 is 0 Å². The van der Waals surface area contributed by atoms with Crippen molar-refractivity contribution in [3.05, 3.63) is 181 Å². The topological polar surface area (TPSA) is 75.3 Å². The van der Waals surface area contributed by atoms with Crippen LogP contribution in [-0.2, 0) is 0 Å². The fraction of sp³-hybridized carbons (Fsp3) is 0. The molecule has 11 rings (SSSR count). The summed E-state index contributed by atoms with van der Waals surface area (Å²) in [6.45, 7) is 0. The van der Waals surface area contributed by atoms with Gasteiger partial charge in [-0.15, -0.1) is 0 Å². The van der Waals surface area contributed by atoms with Crippen molar-refractivity contribution in [1.29, 1.82) is 10.5 Å². The van der Waals surface area contributed by atoms with Crippen LogP contribution in [0.2, 0.25) is 0 Å². The van der Waals surface area contributed by atoms with E-state index >= 15 is 0 Å². The molecule has 4 heterocycles. The Morgan fingerprint density at radius 1 is 0.400 bits per heavy atom. The number of pyridine rings is 1. The lowest BCUT2D eigenvalue weighted by atomic mass is 10.0. The van der Waals surface area contributed by atoms with Gasteiger partial charge in [0.1, 0.15) is 0 Å². The van der Waals surface area contributed by atoms with Crippen LogP contribution in [0, 0.1) is 22.7 Å². The zero-order valence-corrected chi connectivity index (χ0v) is 29.3. The Morgan fingerprint density at radius 2 is 1.05 bits per heavy atom. The molecule has 0 bridgehead atoms. The highest BCUT2D eigenvalue weighted by atomic mass is 15.0. The summed E-state index contributed by atoms with van der Waals surface area (Å²) < 4.78 is 6.87. The maximum atomic E-state index is 10.3. The van der Waals surface area contributed by atoms with E-state index in [1.807, 2.05) is 54.7 Å². The van der Waals surface area contributed by atoms with Crippen LogP contribution >= 0.6 is 0 Å². The maximum Gasteiger partial charge on any atom is 0.0992 e. The third-order valence-electron chi connectivity index (χ3n) is 10.9. The highest BCUT2D eigenvalue weighted by molar-refractivity contribution is 6.25. The van der Waals surface area contributed by atoms with Gasteiger partial charge in [0.25, 0.3) is 0 Å². The highest BCUT2D eigenvalue weighted by Gasteiger charge is 2.22. The first-order valence-corrected chi connectivity index (χ1v) is 18.2. The second-order valence-electron chi connectivity index (χ2n) is 13.9. The first-order valence-electron chi connectivity index (χ1n) is 18.2. The van der Waals surface area contributed by atoms with Crippen molar-refractivity contribution in [2.45, 2.75) is 0 Å². The number of aromatic nitrogens is 4. The fourth-order valence-corrected chi connectivity index (χ4v) is 8.61. The molecule has 254 valence electrons. The van der Waals surface area contributed by atoms with Gasteiger partial charge in [-0.1, -0.05) is 72.8 Å². The molecule has 0 atom stereocenters. The predicted molar refractivity (Wildman–Crippen MR) is 222 cm³/mol. The second kappa shape index (κ2) is 11.8. The zero-order valence-electron chi connectivity index (χ0n) is 29.3. The van der Waals surface area contributed by atoms with Crippen LogP contribution in [0.3, 0.4) is 0 Å². The summed E-state index contributed by atoms with van der Waals surface area (Å²) in [7, 11) is 0. The number of rotatable bonds is 4. The van der Waals surface area contributed by atoms with E-state index in [4.69, 9.17) is 4.98 Å². The Bertz CT molecular complexity index is 3460. The second-order valence-corrected chi connectivity index (χ2v) is 13.9. The normalized spacial score (nSPS) is 11.6. The summed E-state index contributed by atoms with van der Waals surface area (Å²) in [4.78, 5) is 5.02. The molecule has 0 N–H and O–H groups in total. The summed E-state index contributed by atoms with van der Waals surface area (Å²) in [5, 5.41) is 25.5. The van der Waals surface area contributed by atoms with Crippen molar-refractivity contribution < 1.29 is 0 Å². The average molecular weight is 701 g/mol. The van der Waals surface area contributed by atoms with Gasteiger partial charge in [0.2, 0.25) is 0 Å². The molecule has 55 heavy (non-hydrogen) atoms. The first kappa shape index (κ1) is 30.7. The molecule has 4 aromatic heterocycles. The van der Waals surface area contributed by atoms with Gasteiger partial charge in [-0.05, 0) is 102 Å². The zero-order chi connectivity index (χ0) is 36.6. The van der Waals surface area contributed by atoms with Crippen molar-refractivity contribution in [3.63, 3.8) is 0 Å². The smallest absolute Gasteiger partial charge is 0.0992 e. The number of benzene rings is 7. The van der Waals surface area contributed by atoms with Gasteiger partial charge in [0.15, 0.2) is 0 Å². The molecule has 6 nitrogen and oxygen atoms in total. The van der Waals surface area contributed by atoms with Crippen LogP contribution in [0.15, 0.2) is 170 Å². The highest BCUT2D eigenvalue weighted by Crippen LogP contribution is 2.42. The number of hydrogen-bond acceptors (Lipinski definition) is 3. The minimum atomic E-state index is 0.565. The molecule has 0 spiro atoms. The Labute approximate surface area is 315 Å². The lowest BCUT2D eigenvalue weighted by Gasteiger charge is -2.13. The van der Waals surface area contributed by atoms with E-state index in [1.165, 1.54) is 10.8 Å². The van der Waals surface area contributed by atoms with Crippen LogP contribution in [0.5, 0.6) is 0 Å². The van der Waals surface area contributed by atoms with E-state index in [0.29, 0.717) is 11.1 Å². The molecular formula is C49H28N6. The van der Waals surface area contributed by atoms with E-state index in [0.717, 1.165) is 83.0 Å². The van der Waals surface area contributed by atoms with Gasteiger partial charge < -0.3 is 13.7 Å². The van der Waals surface area contributed by atoms with Gasteiger partial charge in [0, 0.05) is 44.8 Å². The molecule has 0 saturated heterocycles. The van der Waals surface area contributed by atoms with Gasteiger partial charge >= 0.3 is 0 Å². The molecule has 0 aliphatic carbocycles. The third-order valence-corrected chi connectivity index (χ3v) is 10.9. The molecule has 0 unspecified atom stereocenters. The minimum absolute atomic E-state index is 0.565.